The molecule has 0 bridgehead atoms. The molecule has 2 aliphatic heterocycles. The van der Waals surface area contributed by atoms with E-state index in [9.17, 15) is 0 Å². The van der Waals surface area contributed by atoms with E-state index in [4.69, 9.17) is 0 Å². The van der Waals surface area contributed by atoms with E-state index in [0.29, 0.717) is 5.41 Å². The fourth-order valence-electron chi connectivity index (χ4n) is 3.29. The zero-order chi connectivity index (χ0) is 12.6. The van der Waals surface area contributed by atoms with Crippen molar-refractivity contribution in [3.63, 3.8) is 0 Å². The van der Waals surface area contributed by atoms with E-state index in [1.54, 1.807) is 0 Å². The average Bonchev–Trinajstić information content (AvgIpc) is 2.38. The summed E-state index contributed by atoms with van der Waals surface area (Å²) in [6.45, 7) is 8.26. The van der Waals surface area contributed by atoms with Crippen LogP contribution in [0.5, 0.6) is 0 Å². The van der Waals surface area contributed by atoms with Crippen LogP contribution in [0.1, 0.15) is 38.7 Å². The Morgan fingerprint density at radius 1 is 1.22 bits per heavy atom. The minimum atomic E-state index is 0.587. The van der Waals surface area contributed by atoms with E-state index in [1.165, 1.54) is 55.7 Å². The lowest BCUT2D eigenvalue weighted by Gasteiger charge is -2.51. The first-order valence-corrected chi connectivity index (χ1v) is 7.38. The van der Waals surface area contributed by atoms with Crippen LogP contribution >= 0.6 is 0 Å². The van der Waals surface area contributed by atoms with Crippen molar-refractivity contribution in [3.8, 4) is 0 Å². The van der Waals surface area contributed by atoms with Crippen LogP contribution in [-0.2, 0) is 6.42 Å². The van der Waals surface area contributed by atoms with Gasteiger partial charge in [0.05, 0.1) is 0 Å². The molecule has 2 aliphatic rings. The summed E-state index contributed by atoms with van der Waals surface area (Å²) in [5.74, 6) is 0. The average molecular weight is 244 g/mol. The number of nitrogens with zero attached hydrogens (tertiary/aromatic N) is 1. The first kappa shape index (κ1) is 11.9. The fraction of sp³-hybridized carbons (Fsp3) is 0.625. The summed E-state index contributed by atoms with van der Waals surface area (Å²) in [5, 5.41) is 3.53. The Bertz CT molecular complexity index is 427. The molecule has 98 valence electrons. The van der Waals surface area contributed by atoms with Gasteiger partial charge in [0.1, 0.15) is 0 Å². The molecular weight excluding hydrogens is 220 g/mol. The first-order valence-electron chi connectivity index (χ1n) is 7.38. The molecule has 0 spiro atoms. The molecule has 2 heteroatoms. The van der Waals surface area contributed by atoms with Crippen molar-refractivity contribution in [2.75, 3.05) is 29.9 Å². The lowest BCUT2D eigenvalue weighted by atomic mass is 9.75. The van der Waals surface area contributed by atoms with E-state index in [2.05, 4.69) is 42.3 Å². The maximum Gasteiger partial charge on any atom is 0.0393 e. The molecule has 18 heavy (non-hydrogen) atoms. The molecule has 1 aromatic carbocycles. The van der Waals surface area contributed by atoms with E-state index >= 15 is 0 Å². The zero-order valence-electron chi connectivity index (χ0n) is 11.6. The predicted octanol–water partition coefficient (Wildman–Crippen LogP) is 3.67. The summed E-state index contributed by atoms with van der Waals surface area (Å²) in [5.41, 5.74) is 4.84. The third-order valence-corrected chi connectivity index (χ3v) is 4.95. The summed E-state index contributed by atoms with van der Waals surface area (Å²) in [6, 6.07) is 6.97. The summed E-state index contributed by atoms with van der Waals surface area (Å²) in [4.78, 5) is 2.53. The first-order chi connectivity index (χ1) is 8.76. The quantitative estimate of drug-likeness (QED) is 0.872. The lowest BCUT2D eigenvalue weighted by molar-refractivity contribution is 0.194. The van der Waals surface area contributed by atoms with Gasteiger partial charge in [0.25, 0.3) is 0 Å². The van der Waals surface area contributed by atoms with Crippen LogP contribution in [0.2, 0.25) is 0 Å². The Hall–Kier alpha value is -1.18. The standard InChI is InChI=1S/C16H24N2/c1-3-16(4-2)11-18(12-16)14-8-7-13-6-5-9-17-15(13)10-14/h7-8,10,17H,3-6,9,11-12H2,1-2H3. The monoisotopic (exact) mass is 244 g/mol. The van der Waals surface area contributed by atoms with Gasteiger partial charge in [-0.1, -0.05) is 19.9 Å². The number of fused-ring (bicyclic) bond motifs is 1. The van der Waals surface area contributed by atoms with Gasteiger partial charge in [-0.25, -0.2) is 0 Å². The third-order valence-electron chi connectivity index (χ3n) is 4.95. The van der Waals surface area contributed by atoms with Crippen molar-refractivity contribution in [2.24, 2.45) is 5.41 Å². The molecule has 0 aliphatic carbocycles. The van der Waals surface area contributed by atoms with E-state index in [0.717, 1.165) is 6.54 Å². The minimum absolute atomic E-state index is 0.587. The van der Waals surface area contributed by atoms with Crippen LogP contribution in [-0.4, -0.2) is 19.6 Å². The van der Waals surface area contributed by atoms with Crippen molar-refractivity contribution in [1.29, 1.82) is 0 Å². The Morgan fingerprint density at radius 2 is 2.00 bits per heavy atom. The molecule has 3 rings (SSSR count). The van der Waals surface area contributed by atoms with Crippen LogP contribution in [0.4, 0.5) is 11.4 Å². The molecule has 1 saturated heterocycles. The molecule has 2 nitrogen and oxygen atoms in total. The number of anilines is 2. The Kier molecular flexibility index (Phi) is 2.96. The molecule has 2 heterocycles. The summed E-state index contributed by atoms with van der Waals surface area (Å²) in [7, 11) is 0. The molecule has 0 unspecified atom stereocenters. The predicted molar refractivity (Wildman–Crippen MR) is 78.5 cm³/mol. The highest BCUT2D eigenvalue weighted by Crippen LogP contribution is 2.41. The molecule has 1 N–H and O–H groups in total. The van der Waals surface area contributed by atoms with Crippen LogP contribution in [0, 0.1) is 5.41 Å². The summed E-state index contributed by atoms with van der Waals surface area (Å²) in [6.07, 6.45) is 5.12. The van der Waals surface area contributed by atoms with Gasteiger partial charge < -0.3 is 10.2 Å². The second kappa shape index (κ2) is 4.49. The number of rotatable bonds is 3. The molecule has 0 radical (unpaired) electrons. The SMILES string of the molecule is CCC1(CC)CN(c2ccc3c(c2)NCCC3)C1. The van der Waals surface area contributed by atoms with Gasteiger partial charge in [0.15, 0.2) is 0 Å². The van der Waals surface area contributed by atoms with Gasteiger partial charge in [-0.05, 0) is 43.4 Å². The fourth-order valence-corrected chi connectivity index (χ4v) is 3.29. The van der Waals surface area contributed by atoms with E-state index in [-0.39, 0.29) is 0 Å². The number of nitrogens with one attached hydrogen (secondary N) is 1. The second-order valence-corrected chi connectivity index (χ2v) is 5.93. The van der Waals surface area contributed by atoms with Crippen molar-refractivity contribution in [1.82, 2.24) is 0 Å². The highest BCUT2D eigenvalue weighted by molar-refractivity contribution is 5.64. The van der Waals surface area contributed by atoms with Gasteiger partial charge in [-0.2, -0.15) is 0 Å². The molecule has 0 saturated carbocycles. The molecule has 0 aromatic heterocycles. The summed E-state index contributed by atoms with van der Waals surface area (Å²) < 4.78 is 0. The molecular formula is C16H24N2. The third kappa shape index (κ3) is 1.88. The maximum absolute atomic E-state index is 3.53. The van der Waals surface area contributed by atoms with Crippen LogP contribution in [0.25, 0.3) is 0 Å². The maximum atomic E-state index is 3.53. The Morgan fingerprint density at radius 3 is 2.72 bits per heavy atom. The largest absolute Gasteiger partial charge is 0.385 e. The van der Waals surface area contributed by atoms with Gasteiger partial charge in [-0.15, -0.1) is 0 Å². The number of benzene rings is 1. The van der Waals surface area contributed by atoms with Crippen LogP contribution < -0.4 is 10.2 Å². The van der Waals surface area contributed by atoms with Crippen molar-refractivity contribution in [3.05, 3.63) is 23.8 Å². The number of aryl methyl sites for hydroxylation is 1. The number of hydrogen-bond donors (Lipinski definition) is 1. The van der Waals surface area contributed by atoms with Crippen molar-refractivity contribution >= 4 is 11.4 Å². The highest BCUT2D eigenvalue weighted by Gasteiger charge is 2.39. The molecule has 1 fully saturated rings. The van der Waals surface area contributed by atoms with Crippen LogP contribution in [0.15, 0.2) is 18.2 Å². The van der Waals surface area contributed by atoms with Gasteiger partial charge in [0.2, 0.25) is 0 Å². The van der Waals surface area contributed by atoms with Crippen molar-refractivity contribution < 1.29 is 0 Å². The molecule has 0 atom stereocenters. The van der Waals surface area contributed by atoms with Gasteiger partial charge in [-0.3, -0.25) is 0 Å². The summed E-state index contributed by atoms with van der Waals surface area (Å²) >= 11 is 0. The molecule has 1 aromatic rings. The minimum Gasteiger partial charge on any atom is -0.385 e. The Balaban J connectivity index is 1.75. The second-order valence-electron chi connectivity index (χ2n) is 5.93. The molecule has 0 amide bonds. The van der Waals surface area contributed by atoms with Gasteiger partial charge in [0, 0.05) is 36.4 Å². The zero-order valence-corrected chi connectivity index (χ0v) is 11.6. The smallest absolute Gasteiger partial charge is 0.0393 e. The Labute approximate surface area is 110 Å². The normalized spacial score (nSPS) is 20.9. The van der Waals surface area contributed by atoms with Gasteiger partial charge >= 0.3 is 0 Å². The van der Waals surface area contributed by atoms with Crippen molar-refractivity contribution in [2.45, 2.75) is 39.5 Å². The van der Waals surface area contributed by atoms with E-state index in [1.807, 2.05) is 0 Å². The highest BCUT2D eigenvalue weighted by atomic mass is 15.2. The topological polar surface area (TPSA) is 15.3 Å². The van der Waals surface area contributed by atoms with E-state index < -0.39 is 0 Å². The number of hydrogen-bond acceptors (Lipinski definition) is 2. The lowest BCUT2D eigenvalue weighted by Crippen LogP contribution is -2.55. The van der Waals surface area contributed by atoms with Crippen LogP contribution in [0.3, 0.4) is 0 Å².